The van der Waals surface area contributed by atoms with Gasteiger partial charge in [-0.25, -0.2) is 0 Å². The maximum absolute atomic E-state index is 11.8. The Morgan fingerprint density at radius 1 is 1.35 bits per heavy atom. The lowest BCUT2D eigenvalue weighted by atomic mass is 10.2. The molecule has 1 heterocycles. The Morgan fingerprint density at radius 3 is 2.71 bits per heavy atom. The molecule has 2 aromatic rings. The third-order valence-electron chi connectivity index (χ3n) is 2.37. The van der Waals surface area contributed by atoms with Gasteiger partial charge in [0.2, 0.25) is 0 Å². The minimum Gasteiger partial charge on any atom is -0.480 e. The fraction of sp³-hybridized carbons (Fsp3) is 0.167. The van der Waals surface area contributed by atoms with E-state index in [1.54, 1.807) is 6.07 Å². The Kier molecular flexibility index (Phi) is 3.10. The van der Waals surface area contributed by atoms with E-state index in [0.717, 1.165) is 10.1 Å². The number of thiophene rings is 1. The van der Waals surface area contributed by atoms with Crippen LogP contribution in [0.5, 0.6) is 0 Å². The number of benzene rings is 1. The summed E-state index contributed by atoms with van der Waals surface area (Å²) in [7, 11) is 0. The van der Waals surface area contributed by atoms with E-state index in [-0.39, 0.29) is 5.91 Å². The lowest BCUT2D eigenvalue weighted by molar-refractivity contribution is -0.138. The number of carboxylic acid groups (broad SMARTS) is 1. The van der Waals surface area contributed by atoms with Crippen LogP contribution in [-0.4, -0.2) is 23.0 Å². The van der Waals surface area contributed by atoms with Gasteiger partial charge in [0.25, 0.3) is 5.91 Å². The van der Waals surface area contributed by atoms with Crippen molar-refractivity contribution in [2.24, 2.45) is 0 Å². The van der Waals surface area contributed by atoms with Crippen LogP contribution in [0.4, 0.5) is 0 Å². The Bertz CT molecular complexity index is 543. The molecule has 0 bridgehead atoms. The maximum atomic E-state index is 11.8. The fourth-order valence-electron chi connectivity index (χ4n) is 1.42. The molecule has 1 atom stereocenters. The van der Waals surface area contributed by atoms with Crippen LogP contribution in [0.15, 0.2) is 30.3 Å². The topological polar surface area (TPSA) is 66.4 Å². The second-order valence-corrected chi connectivity index (χ2v) is 4.77. The molecular formula is C12H11NO3S. The summed E-state index contributed by atoms with van der Waals surface area (Å²) in [5.41, 5.74) is 0. The Morgan fingerprint density at radius 2 is 2.06 bits per heavy atom. The molecule has 4 nitrogen and oxygen atoms in total. The third-order valence-corrected chi connectivity index (χ3v) is 3.48. The summed E-state index contributed by atoms with van der Waals surface area (Å²) in [6.07, 6.45) is 0. The summed E-state index contributed by atoms with van der Waals surface area (Å²) >= 11 is 1.35. The van der Waals surface area contributed by atoms with E-state index in [1.165, 1.54) is 18.3 Å². The quantitative estimate of drug-likeness (QED) is 0.875. The van der Waals surface area contributed by atoms with E-state index in [1.807, 2.05) is 24.3 Å². The maximum Gasteiger partial charge on any atom is 0.325 e. The van der Waals surface area contributed by atoms with Gasteiger partial charge in [0, 0.05) is 4.70 Å². The van der Waals surface area contributed by atoms with Gasteiger partial charge in [-0.1, -0.05) is 18.2 Å². The first-order valence-electron chi connectivity index (χ1n) is 5.10. The third kappa shape index (κ3) is 2.45. The number of rotatable bonds is 3. The van der Waals surface area contributed by atoms with Gasteiger partial charge < -0.3 is 10.4 Å². The lowest BCUT2D eigenvalue weighted by Gasteiger charge is -2.07. The number of carbonyl (C=O) groups is 2. The second-order valence-electron chi connectivity index (χ2n) is 3.68. The Hall–Kier alpha value is -1.88. The van der Waals surface area contributed by atoms with E-state index < -0.39 is 12.0 Å². The van der Waals surface area contributed by atoms with Crippen molar-refractivity contribution < 1.29 is 14.7 Å². The highest BCUT2D eigenvalue weighted by molar-refractivity contribution is 7.20. The molecule has 0 unspecified atom stereocenters. The van der Waals surface area contributed by atoms with E-state index in [2.05, 4.69) is 5.32 Å². The van der Waals surface area contributed by atoms with Gasteiger partial charge >= 0.3 is 5.97 Å². The number of aliphatic carboxylic acids is 1. The number of carbonyl (C=O) groups excluding carboxylic acids is 1. The van der Waals surface area contributed by atoms with Gasteiger partial charge in [0.15, 0.2) is 0 Å². The highest BCUT2D eigenvalue weighted by Gasteiger charge is 2.16. The molecule has 88 valence electrons. The van der Waals surface area contributed by atoms with Gasteiger partial charge in [-0.05, 0) is 24.4 Å². The molecule has 1 aromatic carbocycles. The number of hydrogen-bond acceptors (Lipinski definition) is 3. The molecule has 1 amide bonds. The summed E-state index contributed by atoms with van der Waals surface area (Å²) in [6, 6.07) is 8.54. The van der Waals surface area contributed by atoms with Crippen molar-refractivity contribution in [1.29, 1.82) is 0 Å². The van der Waals surface area contributed by atoms with Gasteiger partial charge in [-0.2, -0.15) is 0 Å². The van der Waals surface area contributed by atoms with Gasteiger partial charge in [-0.15, -0.1) is 11.3 Å². The van der Waals surface area contributed by atoms with Crippen LogP contribution in [0, 0.1) is 0 Å². The smallest absolute Gasteiger partial charge is 0.325 e. The van der Waals surface area contributed by atoms with Crippen LogP contribution in [0.25, 0.3) is 10.1 Å². The second kappa shape index (κ2) is 4.55. The van der Waals surface area contributed by atoms with Crippen molar-refractivity contribution in [3.8, 4) is 0 Å². The predicted octanol–water partition coefficient (Wildman–Crippen LogP) is 2.10. The molecule has 0 saturated heterocycles. The van der Waals surface area contributed by atoms with Gasteiger partial charge in [-0.3, -0.25) is 9.59 Å². The van der Waals surface area contributed by atoms with Crippen molar-refractivity contribution >= 4 is 33.3 Å². The summed E-state index contributed by atoms with van der Waals surface area (Å²) in [6.45, 7) is 1.44. The van der Waals surface area contributed by atoms with Crippen molar-refractivity contribution in [2.75, 3.05) is 0 Å². The Balaban J connectivity index is 2.22. The zero-order valence-corrected chi connectivity index (χ0v) is 9.95. The molecule has 0 aliphatic carbocycles. The van der Waals surface area contributed by atoms with Crippen LogP contribution < -0.4 is 5.32 Å². The first kappa shape index (κ1) is 11.6. The average Bonchev–Trinajstić information content (AvgIpc) is 2.72. The summed E-state index contributed by atoms with van der Waals surface area (Å²) in [5.74, 6) is -1.39. The highest BCUT2D eigenvalue weighted by Crippen LogP contribution is 2.25. The lowest BCUT2D eigenvalue weighted by Crippen LogP contribution is -2.37. The minimum absolute atomic E-state index is 0.346. The summed E-state index contributed by atoms with van der Waals surface area (Å²) in [5, 5.41) is 12.1. The van der Waals surface area contributed by atoms with E-state index >= 15 is 0 Å². The number of fused-ring (bicyclic) bond motifs is 1. The van der Waals surface area contributed by atoms with E-state index in [0.29, 0.717) is 4.88 Å². The predicted molar refractivity (Wildman–Crippen MR) is 66.4 cm³/mol. The van der Waals surface area contributed by atoms with E-state index in [9.17, 15) is 9.59 Å². The molecule has 0 aliphatic heterocycles. The number of hydrogen-bond donors (Lipinski definition) is 2. The molecule has 5 heteroatoms. The van der Waals surface area contributed by atoms with E-state index in [4.69, 9.17) is 5.11 Å². The van der Waals surface area contributed by atoms with Crippen LogP contribution in [-0.2, 0) is 4.79 Å². The first-order valence-corrected chi connectivity index (χ1v) is 5.92. The molecule has 1 aromatic heterocycles. The van der Waals surface area contributed by atoms with Crippen molar-refractivity contribution in [3.05, 3.63) is 35.2 Å². The first-order chi connectivity index (χ1) is 8.08. The molecule has 0 spiro atoms. The highest BCUT2D eigenvalue weighted by atomic mass is 32.1. The molecule has 0 aliphatic rings. The molecule has 0 radical (unpaired) electrons. The standard InChI is InChI=1S/C12H11NO3S/c1-7(12(15)16)13-11(14)10-6-8-4-2-3-5-9(8)17-10/h2-7H,1H3,(H,13,14)(H,15,16)/t7-/m1/s1. The monoisotopic (exact) mass is 249 g/mol. The molecule has 17 heavy (non-hydrogen) atoms. The van der Waals surface area contributed by atoms with Gasteiger partial charge in [0.1, 0.15) is 6.04 Å². The zero-order chi connectivity index (χ0) is 12.4. The largest absolute Gasteiger partial charge is 0.480 e. The molecule has 2 N–H and O–H groups in total. The fourth-order valence-corrected chi connectivity index (χ4v) is 2.39. The molecule has 2 rings (SSSR count). The minimum atomic E-state index is -1.04. The van der Waals surface area contributed by atoms with Crippen LogP contribution >= 0.6 is 11.3 Å². The normalized spacial score (nSPS) is 12.3. The van der Waals surface area contributed by atoms with Crippen LogP contribution in [0.2, 0.25) is 0 Å². The van der Waals surface area contributed by atoms with Crippen molar-refractivity contribution in [3.63, 3.8) is 0 Å². The zero-order valence-electron chi connectivity index (χ0n) is 9.14. The number of amides is 1. The molecular weight excluding hydrogens is 238 g/mol. The summed E-state index contributed by atoms with van der Waals surface area (Å²) < 4.78 is 1.01. The van der Waals surface area contributed by atoms with Crippen LogP contribution in [0.1, 0.15) is 16.6 Å². The van der Waals surface area contributed by atoms with Crippen LogP contribution in [0.3, 0.4) is 0 Å². The number of nitrogens with one attached hydrogen (secondary N) is 1. The molecule has 0 saturated carbocycles. The van der Waals surface area contributed by atoms with Crippen molar-refractivity contribution in [1.82, 2.24) is 5.32 Å². The van der Waals surface area contributed by atoms with Crippen molar-refractivity contribution in [2.45, 2.75) is 13.0 Å². The SMILES string of the molecule is C[C@@H](NC(=O)c1cc2ccccc2s1)C(=O)O. The number of carboxylic acids is 1. The summed E-state index contributed by atoms with van der Waals surface area (Å²) in [4.78, 5) is 22.9. The Labute approximate surface area is 102 Å². The molecule has 0 fully saturated rings. The average molecular weight is 249 g/mol. The van der Waals surface area contributed by atoms with Gasteiger partial charge in [0.05, 0.1) is 4.88 Å².